The number of carbonyl (C=O) groups excluding carboxylic acids is 4. The Kier molecular flexibility index (Phi) is 19.0. The van der Waals surface area contributed by atoms with Crippen LogP contribution in [-0.2, 0) is 39.8 Å². The van der Waals surface area contributed by atoms with Crippen LogP contribution in [-0.4, -0.2) is 105 Å². The van der Waals surface area contributed by atoms with Crippen LogP contribution in [0.4, 0.5) is 0 Å². The maximum Gasteiger partial charge on any atom is 0.322 e. The Labute approximate surface area is 300 Å². The second kappa shape index (κ2) is 22.0. The molecule has 1 heterocycles. The van der Waals surface area contributed by atoms with Gasteiger partial charge < -0.3 is 40.8 Å². The Morgan fingerprint density at radius 1 is 0.980 bits per heavy atom. The normalized spacial score (nSPS) is 19.5. The number of methoxy groups -OCH3 is 2. The van der Waals surface area contributed by atoms with Crippen molar-refractivity contribution < 1.29 is 33.4 Å². The summed E-state index contributed by atoms with van der Waals surface area (Å²) >= 11 is 0. The number of esters is 1. The standard InChI is InChI=1S/C38H65N5O7/c1-10-25(4)34(41-28(7)24(2)3)32(48-8)23-33(44)43-20-14-18-31(43)35(49-9)26(5)36(45)42-30(22-29-16-12-11-13-17-29)37(46)40-19-15-21-50-38(47)27(6)39/h11-13,16-17,24-28,30-32,34-35,41H,10,14-15,18-23,39H2,1-9H3,(H,40,46)(H,42,45)/t25-,26+,27-,28?,30-,31-,32+,34-,35+/m0/s1. The monoisotopic (exact) mass is 703 g/mol. The van der Waals surface area contributed by atoms with Crippen molar-refractivity contribution in [1.29, 1.82) is 0 Å². The Bertz CT molecular complexity index is 1180. The maximum atomic E-state index is 13.9. The second-order valence-electron chi connectivity index (χ2n) is 14.2. The average Bonchev–Trinajstić information content (AvgIpc) is 3.58. The van der Waals surface area contributed by atoms with E-state index in [4.69, 9.17) is 19.9 Å². The van der Waals surface area contributed by atoms with E-state index in [1.807, 2.05) is 35.2 Å². The highest BCUT2D eigenvalue weighted by atomic mass is 16.5. The molecule has 1 aromatic rings. The number of likely N-dealkylation sites (tertiary alicyclic amines) is 1. The van der Waals surface area contributed by atoms with Gasteiger partial charge >= 0.3 is 5.97 Å². The van der Waals surface area contributed by atoms with Crippen LogP contribution in [0.25, 0.3) is 0 Å². The molecule has 0 aromatic heterocycles. The van der Waals surface area contributed by atoms with Crippen LogP contribution in [0.3, 0.4) is 0 Å². The van der Waals surface area contributed by atoms with Gasteiger partial charge in [0.2, 0.25) is 17.7 Å². The lowest BCUT2D eigenvalue weighted by Gasteiger charge is -2.37. The molecule has 3 amide bonds. The van der Waals surface area contributed by atoms with Gasteiger partial charge in [0.05, 0.1) is 37.2 Å². The van der Waals surface area contributed by atoms with E-state index < -0.39 is 30.1 Å². The van der Waals surface area contributed by atoms with Gasteiger partial charge in [-0.25, -0.2) is 0 Å². The fourth-order valence-electron chi connectivity index (χ4n) is 6.39. The summed E-state index contributed by atoms with van der Waals surface area (Å²) in [5.41, 5.74) is 6.42. The minimum Gasteiger partial charge on any atom is -0.464 e. The van der Waals surface area contributed by atoms with Gasteiger partial charge in [-0.1, -0.05) is 71.4 Å². The molecule has 5 N–H and O–H groups in total. The largest absolute Gasteiger partial charge is 0.464 e. The van der Waals surface area contributed by atoms with E-state index in [-0.39, 0.29) is 67.9 Å². The van der Waals surface area contributed by atoms with Gasteiger partial charge in [-0.05, 0) is 50.5 Å². The van der Waals surface area contributed by atoms with Crippen LogP contribution in [0.5, 0.6) is 0 Å². The molecule has 1 unspecified atom stereocenters. The molecular formula is C38H65N5O7. The molecule has 1 fully saturated rings. The van der Waals surface area contributed by atoms with Gasteiger partial charge in [-0.3, -0.25) is 19.2 Å². The highest BCUT2D eigenvalue weighted by Gasteiger charge is 2.41. The molecule has 0 aliphatic carbocycles. The van der Waals surface area contributed by atoms with Crippen LogP contribution < -0.4 is 21.7 Å². The van der Waals surface area contributed by atoms with Crippen molar-refractivity contribution >= 4 is 23.7 Å². The number of hydrogen-bond acceptors (Lipinski definition) is 9. The molecule has 2 rings (SSSR count). The highest BCUT2D eigenvalue weighted by Crippen LogP contribution is 2.28. The first-order chi connectivity index (χ1) is 23.7. The van der Waals surface area contributed by atoms with E-state index in [9.17, 15) is 19.2 Å². The molecule has 0 bridgehead atoms. The Morgan fingerprint density at radius 3 is 2.24 bits per heavy atom. The topological polar surface area (TPSA) is 161 Å². The average molecular weight is 704 g/mol. The van der Waals surface area contributed by atoms with Crippen molar-refractivity contribution in [3.63, 3.8) is 0 Å². The predicted molar refractivity (Wildman–Crippen MR) is 195 cm³/mol. The lowest BCUT2D eigenvalue weighted by atomic mass is 9.90. The van der Waals surface area contributed by atoms with Crippen molar-refractivity contribution in [2.45, 2.75) is 129 Å². The lowest BCUT2D eigenvalue weighted by molar-refractivity contribution is -0.144. The van der Waals surface area contributed by atoms with Gasteiger partial charge in [0.1, 0.15) is 12.1 Å². The Hall–Kier alpha value is -3.06. The summed E-state index contributed by atoms with van der Waals surface area (Å²) in [6, 6.07) is 7.87. The molecule has 12 nitrogen and oxygen atoms in total. The fraction of sp³-hybridized carbons (Fsp3) is 0.737. The van der Waals surface area contributed by atoms with Crippen LogP contribution in [0.1, 0.15) is 86.1 Å². The molecular weight excluding hydrogens is 638 g/mol. The van der Waals surface area contributed by atoms with Gasteiger partial charge in [-0.15, -0.1) is 0 Å². The number of carbonyl (C=O) groups is 4. The third kappa shape index (κ3) is 13.2. The third-order valence-corrected chi connectivity index (χ3v) is 10.1. The SMILES string of the molecule is CC[C@H](C)[C@H](NC(C)C(C)C)[C@@H](CC(=O)N1CCC[C@H]1[C@H](OC)[C@@H](C)C(=O)N[C@@H](Cc1ccccc1)C(=O)NCCCOC(=O)[C@H](C)N)OC. The first-order valence-electron chi connectivity index (χ1n) is 18.4. The number of nitrogens with two attached hydrogens (primary N) is 1. The molecule has 12 heteroatoms. The number of rotatable bonds is 22. The number of nitrogens with one attached hydrogen (secondary N) is 3. The second-order valence-corrected chi connectivity index (χ2v) is 14.2. The summed E-state index contributed by atoms with van der Waals surface area (Å²) in [4.78, 5) is 54.6. The van der Waals surface area contributed by atoms with Gasteiger partial charge in [0.15, 0.2) is 0 Å². The molecule has 1 aromatic carbocycles. The van der Waals surface area contributed by atoms with Crippen molar-refractivity contribution in [1.82, 2.24) is 20.9 Å². The molecule has 1 saturated heterocycles. The summed E-state index contributed by atoms with van der Waals surface area (Å²) in [5, 5.41) is 9.55. The van der Waals surface area contributed by atoms with E-state index in [0.29, 0.717) is 31.2 Å². The zero-order valence-corrected chi connectivity index (χ0v) is 31.9. The lowest BCUT2D eigenvalue weighted by Crippen LogP contribution is -2.55. The van der Waals surface area contributed by atoms with E-state index >= 15 is 0 Å². The molecule has 1 aliphatic heterocycles. The minimum atomic E-state index is -0.849. The maximum absolute atomic E-state index is 13.9. The predicted octanol–water partition coefficient (Wildman–Crippen LogP) is 3.21. The number of hydrogen-bond donors (Lipinski definition) is 4. The Morgan fingerprint density at radius 2 is 1.66 bits per heavy atom. The number of benzene rings is 1. The van der Waals surface area contributed by atoms with E-state index in [1.54, 1.807) is 28.1 Å². The van der Waals surface area contributed by atoms with Crippen molar-refractivity contribution in [2.75, 3.05) is 33.9 Å². The fourth-order valence-corrected chi connectivity index (χ4v) is 6.39. The number of amides is 3. The molecule has 284 valence electrons. The molecule has 0 saturated carbocycles. The first kappa shape index (κ1) is 43.1. The zero-order chi connectivity index (χ0) is 37.4. The minimum absolute atomic E-state index is 0.00711. The van der Waals surface area contributed by atoms with E-state index in [2.05, 4.69) is 50.6 Å². The third-order valence-electron chi connectivity index (χ3n) is 10.1. The summed E-state index contributed by atoms with van der Waals surface area (Å²) in [7, 11) is 3.23. The van der Waals surface area contributed by atoms with Crippen molar-refractivity contribution in [3.05, 3.63) is 35.9 Å². The summed E-state index contributed by atoms with van der Waals surface area (Å²) in [5.74, 6) is -1.12. The number of nitrogens with zero attached hydrogens (tertiary/aromatic N) is 1. The van der Waals surface area contributed by atoms with E-state index in [0.717, 1.165) is 18.4 Å². The van der Waals surface area contributed by atoms with Gasteiger partial charge in [-0.2, -0.15) is 0 Å². The smallest absolute Gasteiger partial charge is 0.322 e. The molecule has 0 spiro atoms. The summed E-state index contributed by atoms with van der Waals surface area (Å²) in [6.07, 6.45) is 2.49. The molecule has 0 radical (unpaired) electrons. The van der Waals surface area contributed by atoms with Crippen LogP contribution in [0.15, 0.2) is 30.3 Å². The Balaban J connectivity index is 2.15. The van der Waals surface area contributed by atoms with Gasteiger partial charge in [0, 0.05) is 45.8 Å². The molecule has 9 atom stereocenters. The van der Waals surface area contributed by atoms with Crippen molar-refractivity contribution in [3.8, 4) is 0 Å². The van der Waals surface area contributed by atoms with Crippen molar-refractivity contribution in [2.24, 2.45) is 23.5 Å². The zero-order valence-electron chi connectivity index (χ0n) is 31.9. The highest BCUT2D eigenvalue weighted by molar-refractivity contribution is 5.89. The van der Waals surface area contributed by atoms with Crippen LogP contribution in [0, 0.1) is 17.8 Å². The number of ether oxygens (including phenoxy) is 3. The van der Waals surface area contributed by atoms with E-state index in [1.165, 1.54) is 0 Å². The molecule has 1 aliphatic rings. The van der Waals surface area contributed by atoms with Crippen LogP contribution in [0.2, 0.25) is 0 Å². The summed E-state index contributed by atoms with van der Waals surface area (Å²) < 4.78 is 17.0. The first-order valence-corrected chi connectivity index (χ1v) is 18.4. The molecule has 50 heavy (non-hydrogen) atoms. The quantitative estimate of drug-likeness (QED) is 0.105. The van der Waals surface area contributed by atoms with Gasteiger partial charge in [0.25, 0.3) is 0 Å². The summed E-state index contributed by atoms with van der Waals surface area (Å²) in [6.45, 7) is 15.1. The van der Waals surface area contributed by atoms with Crippen LogP contribution >= 0.6 is 0 Å².